The van der Waals surface area contributed by atoms with Crippen LogP contribution < -0.4 is 5.73 Å². The summed E-state index contributed by atoms with van der Waals surface area (Å²) >= 11 is 3.32. The van der Waals surface area contributed by atoms with Gasteiger partial charge in [-0.1, -0.05) is 12.1 Å². The number of nitriles is 1. The number of aromatic amines is 1. The van der Waals surface area contributed by atoms with Gasteiger partial charge in [-0.2, -0.15) is 5.26 Å². The van der Waals surface area contributed by atoms with Crippen LogP contribution in [0.4, 0.5) is 5.82 Å². The lowest BCUT2D eigenvalue weighted by molar-refractivity contribution is 0.248. The van der Waals surface area contributed by atoms with Gasteiger partial charge in [0.15, 0.2) is 0 Å². The van der Waals surface area contributed by atoms with E-state index < -0.39 is 0 Å². The normalized spacial score (nSPS) is 9.87. The summed E-state index contributed by atoms with van der Waals surface area (Å²) in [6.45, 7) is 5.13. The van der Waals surface area contributed by atoms with E-state index in [-0.39, 0.29) is 31.3 Å². The molecule has 7 heteroatoms. The molecule has 23 heavy (non-hydrogen) atoms. The molecule has 1 heterocycles. The summed E-state index contributed by atoms with van der Waals surface area (Å²) in [4.78, 5) is 2.75. The van der Waals surface area contributed by atoms with Crippen LogP contribution in [0.25, 0.3) is 11.1 Å². The van der Waals surface area contributed by atoms with Gasteiger partial charge in [0.2, 0.25) is 0 Å². The smallest absolute Gasteiger partial charge is 0.134 e. The summed E-state index contributed by atoms with van der Waals surface area (Å²) in [5.74, 6) is 0.286. The molecule has 2 rings (SSSR count). The number of hydrogen-bond donors (Lipinski definition) is 5. The fourth-order valence-corrected chi connectivity index (χ4v) is 2.95. The first kappa shape index (κ1) is 18.9. The molecule has 2 aromatic rings. The van der Waals surface area contributed by atoms with E-state index in [1.807, 2.05) is 6.07 Å². The lowest BCUT2D eigenvalue weighted by Crippen LogP contribution is -2.03. The summed E-state index contributed by atoms with van der Waals surface area (Å²) < 4.78 is 0.498. The van der Waals surface area contributed by atoms with E-state index >= 15 is 0 Å². The number of aliphatic hydroxyl groups is 3. The Hall–Kier alpha value is -2.11. The zero-order valence-electron chi connectivity index (χ0n) is 12.4. The molecule has 0 fully saturated rings. The molecule has 0 unspecified atom stereocenters. The molecule has 0 saturated carbocycles. The first-order chi connectivity index (χ1) is 11.1. The SMILES string of the molecule is C=C.N#Cc1[nH]c(N)c(-c2ccc(CO)c(CO)c2CO)c1Br. The number of anilines is 1. The van der Waals surface area contributed by atoms with Crippen molar-refractivity contribution in [2.45, 2.75) is 19.8 Å². The number of nitrogen functional groups attached to an aromatic ring is 1. The fraction of sp³-hybridized carbons (Fsp3) is 0.188. The van der Waals surface area contributed by atoms with Crippen molar-refractivity contribution in [3.63, 3.8) is 0 Å². The Bertz CT molecular complexity index is 735. The minimum absolute atomic E-state index is 0.240. The lowest BCUT2D eigenvalue weighted by Gasteiger charge is -2.15. The van der Waals surface area contributed by atoms with Gasteiger partial charge in [0.05, 0.1) is 24.3 Å². The molecule has 0 aliphatic heterocycles. The number of aromatic nitrogens is 1. The standard InChI is InChI=1S/C14H14BrN3O3.C2H4/c15-13-11(3-16)18-14(17)12(13)8-2-1-7(4-19)9(5-20)10(8)6-21;1-2/h1-2,18-21H,4-6,17H2;1-2H2. The van der Waals surface area contributed by atoms with Gasteiger partial charge in [-0.15, -0.1) is 13.2 Å². The number of H-pyrrole nitrogens is 1. The summed E-state index contributed by atoms with van der Waals surface area (Å²) in [6.07, 6.45) is 0. The van der Waals surface area contributed by atoms with E-state index in [9.17, 15) is 15.3 Å². The Labute approximate surface area is 142 Å². The number of aliphatic hydroxyl groups excluding tert-OH is 3. The molecule has 0 aliphatic rings. The summed E-state index contributed by atoms with van der Waals surface area (Å²) in [5.41, 5.74) is 8.81. The highest BCUT2D eigenvalue weighted by atomic mass is 79.9. The maximum absolute atomic E-state index is 9.63. The molecule has 0 aliphatic carbocycles. The third-order valence-corrected chi connectivity index (χ3v) is 4.16. The third-order valence-electron chi connectivity index (χ3n) is 3.36. The molecule has 0 radical (unpaired) electrons. The second-order valence-corrected chi connectivity index (χ2v) is 5.21. The molecule has 6 N–H and O–H groups in total. The van der Waals surface area contributed by atoms with Crippen molar-refractivity contribution in [2.75, 3.05) is 5.73 Å². The van der Waals surface area contributed by atoms with E-state index in [0.29, 0.717) is 32.3 Å². The zero-order valence-corrected chi connectivity index (χ0v) is 14.0. The second-order valence-electron chi connectivity index (χ2n) is 4.42. The monoisotopic (exact) mass is 379 g/mol. The number of nitrogens with two attached hydrogens (primary N) is 1. The van der Waals surface area contributed by atoms with Crippen molar-refractivity contribution in [2.24, 2.45) is 0 Å². The number of nitrogens with zero attached hydrogens (tertiary/aromatic N) is 1. The van der Waals surface area contributed by atoms with Gasteiger partial charge in [-0.25, -0.2) is 0 Å². The van der Waals surface area contributed by atoms with Crippen LogP contribution in [0.3, 0.4) is 0 Å². The van der Waals surface area contributed by atoms with E-state index in [2.05, 4.69) is 34.1 Å². The molecule has 6 nitrogen and oxygen atoms in total. The van der Waals surface area contributed by atoms with Gasteiger partial charge in [0.1, 0.15) is 17.6 Å². The minimum atomic E-state index is -0.321. The second kappa shape index (κ2) is 8.50. The molecule has 122 valence electrons. The predicted octanol–water partition coefficient (Wildman–Crippen LogP) is 2.18. The Morgan fingerprint density at radius 2 is 1.74 bits per heavy atom. The van der Waals surface area contributed by atoms with Crippen LogP contribution in [0.1, 0.15) is 22.4 Å². The zero-order chi connectivity index (χ0) is 17.6. The van der Waals surface area contributed by atoms with Crippen molar-refractivity contribution in [1.29, 1.82) is 5.26 Å². The molecular weight excluding hydrogens is 362 g/mol. The minimum Gasteiger partial charge on any atom is -0.392 e. The first-order valence-electron chi connectivity index (χ1n) is 6.62. The molecule has 1 aromatic carbocycles. The van der Waals surface area contributed by atoms with E-state index in [1.54, 1.807) is 12.1 Å². The van der Waals surface area contributed by atoms with E-state index in [0.717, 1.165) is 0 Å². The number of halogens is 1. The van der Waals surface area contributed by atoms with Crippen molar-refractivity contribution < 1.29 is 15.3 Å². The van der Waals surface area contributed by atoms with Crippen LogP contribution in [-0.2, 0) is 19.8 Å². The molecule has 0 bridgehead atoms. The third kappa shape index (κ3) is 3.46. The average molecular weight is 380 g/mol. The highest BCUT2D eigenvalue weighted by Crippen LogP contribution is 2.39. The number of rotatable bonds is 4. The lowest BCUT2D eigenvalue weighted by atomic mass is 9.93. The molecule has 1 aromatic heterocycles. The quantitative estimate of drug-likeness (QED) is 0.520. The number of hydrogen-bond acceptors (Lipinski definition) is 5. The largest absolute Gasteiger partial charge is 0.392 e. The fourth-order valence-electron chi connectivity index (χ4n) is 2.34. The molecule has 0 atom stereocenters. The van der Waals surface area contributed by atoms with Gasteiger partial charge < -0.3 is 26.0 Å². The topological polar surface area (TPSA) is 126 Å². The molecular formula is C16H18BrN3O3. The summed E-state index contributed by atoms with van der Waals surface area (Å²) in [5, 5.41) is 37.5. The van der Waals surface area contributed by atoms with Crippen LogP contribution in [0.15, 0.2) is 29.8 Å². The van der Waals surface area contributed by atoms with Crippen LogP contribution in [0, 0.1) is 11.3 Å². The van der Waals surface area contributed by atoms with E-state index in [1.165, 1.54) is 0 Å². The number of nitrogens with one attached hydrogen (secondary N) is 1. The van der Waals surface area contributed by atoms with Crippen LogP contribution in [0.2, 0.25) is 0 Å². The Balaban J connectivity index is 0.00000127. The average Bonchev–Trinajstić information content (AvgIpc) is 2.88. The first-order valence-corrected chi connectivity index (χ1v) is 7.41. The summed E-state index contributed by atoms with van der Waals surface area (Å²) in [6, 6.07) is 5.33. The summed E-state index contributed by atoms with van der Waals surface area (Å²) in [7, 11) is 0. The van der Waals surface area contributed by atoms with Gasteiger partial charge in [-0.3, -0.25) is 0 Å². The van der Waals surface area contributed by atoms with Crippen molar-refractivity contribution >= 4 is 21.7 Å². The maximum Gasteiger partial charge on any atom is 0.134 e. The molecule has 0 amide bonds. The van der Waals surface area contributed by atoms with Gasteiger partial charge in [0, 0.05) is 5.56 Å². The molecule has 0 spiro atoms. The van der Waals surface area contributed by atoms with Crippen LogP contribution >= 0.6 is 15.9 Å². The van der Waals surface area contributed by atoms with Gasteiger partial charge in [-0.05, 0) is 38.2 Å². The number of benzene rings is 1. The molecule has 0 saturated heterocycles. The van der Waals surface area contributed by atoms with Gasteiger partial charge >= 0.3 is 0 Å². The van der Waals surface area contributed by atoms with Crippen LogP contribution in [0.5, 0.6) is 0 Å². The van der Waals surface area contributed by atoms with Crippen LogP contribution in [-0.4, -0.2) is 20.3 Å². The predicted molar refractivity (Wildman–Crippen MR) is 92.1 cm³/mol. The Kier molecular flexibility index (Phi) is 7.00. The highest BCUT2D eigenvalue weighted by molar-refractivity contribution is 9.10. The highest BCUT2D eigenvalue weighted by Gasteiger charge is 2.20. The van der Waals surface area contributed by atoms with Gasteiger partial charge in [0.25, 0.3) is 0 Å². The maximum atomic E-state index is 9.63. The van der Waals surface area contributed by atoms with Crippen molar-refractivity contribution in [1.82, 2.24) is 4.98 Å². The van der Waals surface area contributed by atoms with E-state index in [4.69, 9.17) is 11.0 Å². The Morgan fingerprint density at radius 1 is 1.13 bits per heavy atom. The van der Waals surface area contributed by atoms with Crippen molar-refractivity contribution in [3.05, 3.63) is 52.1 Å². The Morgan fingerprint density at radius 3 is 2.17 bits per heavy atom. The van der Waals surface area contributed by atoms with Crippen molar-refractivity contribution in [3.8, 4) is 17.2 Å².